The maximum absolute atomic E-state index is 10.9. The van der Waals surface area contributed by atoms with Gasteiger partial charge in [0.1, 0.15) is 12.0 Å². The van der Waals surface area contributed by atoms with Crippen LogP contribution in [0.15, 0.2) is 47.4 Å². The zero-order chi connectivity index (χ0) is 15.1. The summed E-state index contributed by atoms with van der Waals surface area (Å²) in [5, 5.41) is 0. The van der Waals surface area contributed by atoms with E-state index in [1.54, 1.807) is 0 Å². The minimum atomic E-state index is 0.727. The number of carbonyl (C=O) groups is 1. The average Bonchev–Trinajstić information content (AvgIpc) is 2.53. The highest BCUT2D eigenvalue weighted by Crippen LogP contribution is 2.24. The number of aryl methyl sites for hydroxylation is 1. The lowest BCUT2D eigenvalue weighted by Gasteiger charge is -2.08. The van der Waals surface area contributed by atoms with Crippen molar-refractivity contribution in [2.24, 2.45) is 0 Å². The summed E-state index contributed by atoms with van der Waals surface area (Å²) >= 11 is 1.49. The minimum Gasteiger partial charge on any atom is -0.494 e. The summed E-state index contributed by atoms with van der Waals surface area (Å²) in [5.41, 5.74) is 2.72. The van der Waals surface area contributed by atoms with Gasteiger partial charge in [0.2, 0.25) is 0 Å². The molecule has 0 fully saturated rings. The summed E-state index contributed by atoms with van der Waals surface area (Å²) in [7, 11) is 0. The number of anilines is 1. The zero-order valence-corrected chi connectivity index (χ0v) is 13.1. The quantitative estimate of drug-likeness (QED) is 0.593. The Bertz CT molecular complexity index is 596. The third-order valence-electron chi connectivity index (χ3n) is 2.99. The Balaban J connectivity index is 1.95. The minimum absolute atomic E-state index is 0.727. The van der Waals surface area contributed by atoms with E-state index < -0.39 is 0 Å². The maximum atomic E-state index is 10.9. The van der Waals surface area contributed by atoms with E-state index in [1.807, 2.05) is 49.4 Å². The Morgan fingerprint density at radius 1 is 1.19 bits per heavy atom. The van der Waals surface area contributed by atoms with Crippen molar-refractivity contribution < 1.29 is 9.53 Å². The van der Waals surface area contributed by atoms with Gasteiger partial charge in [0.05, 0.1) is 6.61 Å². The molecule has 0 saturated heterocycles. The first kappa shape index (κ1) is 15.4. The van der Waals surface area contributed by atoms with Crippen molar-refractivity contribution in [2.75, 3.05) is 11.3 Å². The molecule has 0 aliphatic rings. The van der Waals surface area contributed by atoms with Crippen LogP contribution in [0.3, 0.4) is 0 Å². The van der Waals surface area contributed by atoms with Crippen molar-refractivity contribution in [3.63, 3.8) is 0 Å². The molecular formula is C17H19NO2S. The predicted molar refractivity (Wildman–Crippen MR) is 88.3 cm³/mol. The standard InChI is InChI=1S/C17H19NO2S/c1-3-10-20-16-7-5-15(6-8-16)18-21-17-9-4-13(2)14(11-17)12-19/h4-9,11-12,18H,3,10H2,1-2H3. The van der Waals surface area contributed by atoms with Gasteiger partial charge in [0.25, 0.3) is 0 Å². The topological polar surface area (TPSA) is 38.3 Å². The molecule has 4 heteroatoms. The fourth-order valence-corrected chi connectivity index (χ4v) is 2.46. The lowest BCUT2D eigenvalue weighted by Crippen LogP contribution is -1.95. The maximum Gasteiger partial charge on any atom is 0.150 e. The van der Waals surface area contributed by atoms with E-state index in [-0.39, 0.29) is 0 Å². The molecule has 1 N–H and O–H groups in total. The predicted octanol–water partition coefficient (Wildman–Crippen LogP) is 4.72. The zero-order valence-electron chi connectivity index (χ0n) is 12.3. The second-order valence-corrected chi connectivity index (χ2v) is 5.59. The molecule has 2 aromatic rings. The number of ether oxygens (including phenoxy) is 1. The third kappa shape index (κ3) is 4.53. The molecule has 0 aliphatic carbocycles. The molecular weight excluding hydrogens is 282 g/mol. The highest BCUT2D eigenvalue weighted by atomic mass is 32.2. The Hall–Kier alpha value is -1.94. The number of rotatable bonds is 7. The van der Waals surface area contributed by atoms with Gasteiger partial charge in [-0.15, -0.1) is 0 Å². The van der Waals surface area contributed by atoms with Gasteiger partial charge in [0.15, 0.2) is 0 Å². The first-order chi connectivity index (χ1) is 10.2. The van der Waals surface area contributed by atoms with E-state index in [4.69, 9.17) is 4.74 Å². The van der Waals surface area contributed by atoms with E-state index >= 15 is 0 Å². The van der Waals surface area contributed by atoms with Gasteiger partial charge in [-0.1, -0.05) is 13.0 Å². The number of hydrogen-bond donors (Lipinski definition) is 1. The van der Waals surface area contributed by atoms with Crippen LogP contribution >= 0.6 is 11.9 Å². The average molecular weight is 301 g/mol. The summed E-state index contributed by atoms with van der Waals surface area (Å²) in [4.78, 5) is 11.9. The number of carbonyl (C=O) groups excluding carboxylic acids is 1. The molecule has 2 aromatic carbocycles. The second-order valence-electron chi connectivity index (χ2n) is 4.71. The molecule has 0 amide bonds. The van der Waals surface area contributed by atoms with Crippen LogP contribution < -0.4 is 9.46 Å². The van der Waals surface area contributed by atoms with Gasteiger partial charge < -0.3 is 9.46 Å². The first-order valence-electron chi connectivity index (χ1n) is 6.94. The van der Waals surface area contributed by atoms with Gasteiger partial charge in [0, 0.05) is 16.1 Å². The van der Waals surface area contributed by atoms with Crippen molar-refractivity contribution in [1.82, 2.24) is 0 Å². The summed E-state index contributed by atoms with van der Waals surface area (Å²) in [5.74, 6) is 0.881. The number of benzene rings is 2. The lowest BCUT2D eigenvalue weighted by molar-refractivity contribution is 0.112. The van der Waals surface area contributed by atoms with Crippen LogP contribution in [0.25, 0.3) is 0 Å². The van der Waals surface area contributed by atoms with Crippen LogP contribution in [0, 0.1) is 6.92 Å². The molecule has 2 rings (SSSR count). The molecule has 110 valence electrons. The van der Waals surface area contributed by atoms with E-state index in [0.29, 0.717) is 0 Å². The summed E-state index contributed by atoms with van der Waals surface area (Å²) < 4.78 is 8.80. The van der Waals surface area contributed by atoms with Crippen molar-refractivity contribution in [3.8, 4) is 5.75 Å². The summed E-state index contributed by atoms with van der Waals surface area (Å²) in [6.45, 7) is 4.75. The van der Waals surface area contributed by atoms with Crippen LogP contribution in [0.5, 0.6) is 5.75 Å². The highest BCUT2D eigenvalue weighted by molar-refractivity contribution is 8.00. The van der Waals surface area contributed by atoms with Crippen molar-refractivity contribution >= 4 is 23.9 Å². The van der Waals surface area contributed by atoms with E-state index in [9.17, 15) is 4.79 Å². The summed E-state index contributed by atoms with van der Waals surface area (Å²) in [6, 6.07) is 13.7. The van der Waals surface area contributed by atoms with Crippen LogP contribution in [0.4, 0.5) is 5.69 Å². The van der Waals surface area contributed by atoms with Crippen LogP contribution in [-0.2, 0) is 0 Å². The number of hydrogen-bond acceptors (Lipinski definition) is 4. The largest absolute Gasteiger partial charge is 0.494 e. The van der Waals surface area contributed by atoms with Gasteiger partial charge >= 0.3 is 0 Å². The fourth-order valence-electron chi connectivity index (χ4n) is 1.77. The van der Waals surface area contributed by atoms with Crippen molar-refractivity contribution in [2.45, 2.75) is 25.2 Å². The normalized spacial score (nSPS) is 10.2. The Morgan fingerprint density at radius 3 is 2.62 bits per heavy atom. The molecule has 3 nitrogen and oxygen atoms in total. The van der Waals surface area contributed by atoms with Crippen molar-refractivity contribution in [1.29, 1.82) is 0 Å². The molecule has 0 saturated carbocycles. The first-order valence-corrected chi connectivity index (χ1v) is 7.76. The molecule has 0 aliphatic heterocycles. The van der Waals surface area contributed by atoms with E-state index in [0.717, 1.165) is 46.8 Å². The van der Waals surface area contributed by atoms with Crippen LogP contribution in [-0.4, -0.2) is 12.9 Å². The molecule has 0 heterocycles. The van der Waals surface area contributed by atoms with Crippen LogP contribution in [0.1, 0.15) is 29.3 Å². The van der Waals surface area contributed by atoms with Gasteiger partial charge in [-0.2, -0.15) is 0 Å². The second kappa shape index (κ2) is 7.74. The van der Waals surface area contributed by atoms with Crippen molar-refractivity contribution in [3.05, 3.63) is 53.6 Å². The molecule has 21 heavy (non-hydrogen) atoms. The monoisotopic (exact) mass is 301 g/mol. The molecule has 0 spiro atoms. The lowest BCUT2D eigenvalue weighted by atomic mass is 10.1. The number of aldehydes is 1. The fraction of sp³-hybridized carbons (Fsp3) is 0.235. The molecule has 0 bridgehead atoms. The van der Waals surface area contributed by atoms with Gasteiger partial charge in [-0.05, 0) is 67.3 Å². The third-order valence-corrected chi connectivity index (χ3v) is 3.82. The molecule has 0 unspecified atom stereocenters. The molecule has 0 radical (unpaired) electrons. The van der Waals surface area contributed by atoms with E-state index in [1.165, 1.54) is 11.9 Å². The smallest absolute Gasteiger partial charge is 0.150 e. The van der Waals surface area contributed by atoms with Crippen LogP contribution in [0.2, 0.25) is 0 Å². The summed E-state index contributed by atoms with van der Waals surface area (Å²) in [6.07, 6.45) is 1.89. The Labute approximate surface area is 129 Å². The highest BCUT2D eigenvalue weighted by Gasteiger charge is 2.01. The number of nitrogens with one attached hydrogen (secondary N) is 1. The van der Waals surface area contributed by atoms with Gasteiger partial charge in [-0.25, -0.2) is 0 Å². The van der Waals surface area contributed by atoms with E-state index in [2.05, 4.69) is 11.6 Å². The molecule has 0 aromatic heterocycles. The Kier molecular flexibility index (Phi) is 5.69. The Morgan fingerprint density at radius 2 is 1.95 bits per heavy atom. The SMILES string of the molecule is CCCOc1ccc(NSc2ccc(C)c(C=O)c2)cc1. The van der Waals surface area contributed by atoms with Gasteiger partial charge in [-0.3, -0.25) is 4.79 Å². The molecule has 0 atom stereocenters.